The van der Waals surface area contributed by atoms with Crippen molar-refractivity contribution in [2.75, 3.05) is 0 Å². The van der Waals surface area contributed by atoms with Crippen molar-refractivity contribution in [3.63, 3.8) is 0 Å². The zero-order valence-corrected chi connectivity index (χ0v) is 13.1. The van der Waals surface area contributed by atoms with E-state index in [1.54, 1.807) is 0 Å². The summed E-state index contributed by atoms with van der Waals surface area (Å²) >= 11 is 1.86. The summed E-state index contributed by atoms with van der Waals surface area (Å²) in [6, 6.07) is 14.5. The van der Waals surface area contributed by atoms with Gasteiger partial charge in [-0.1, -0.05) is 35.9 Å². The smallest absolute Gasteiger partial charge is 0.0351 e. The fourth-order valence-electron chi connectivity index (χ4n) is 2.80. The first-order valence-electron chi connectivity index (χ1n) is 7.57. The van der Waals surface area contributed by atoms with E-state index >= 15 is 0 Å². The zero-order chi connectivity index (χ0) is 13.9. The lowest BCUT2D eigenvalue weighted by atomic mass is 9.99. The van der Waals surface area contributed by atoms with Crippen LogP contribution in [-0.4, -0.2) is 6.04 Å². The quantitative estimate of drug-likeness (QED) is 0.809. The Labute approximate surface area is 126 Å². The molecule has 1 saturated carbocycles. The van der Waals surface area contributed by atoms with Gasteiger partial charge in [0.05, 0.1) is 0 Å². The highest BCUT2D eigenvalue weighted by Crippen LogP contribution is 2.41. The number of benzene rings is 1. The van der Waals surface area contributed by atoms with Crippen LogP contribution in [0, 0.1) is 12.8 Å². The normalized spacial score (nSPS) is 17.9. The summed E-state index contributed by atoms with van der Waals surface area (Å²) in [6.07, 6.45) is 3.88. The average molecular weight is 285 g/mol. The van der Waals surface area contributed by atoms with Crippen molar-refractivity contribution in [2.24, 2.45) is 5.92 Å². The van der Waals surface area contributed by atoms with Crippen molar-refractivity contribution in [3.8, 4) is 0 Å². The van der Waals surface area contributed by atoms with E-state index < -0.39 is 0 Å². The molecule has 1 fully saturated rings. The molecule has 1 aromatic carbocycles. The highest BCUT2D eigenvalue weighted by Gasteiger charge is 2.32. The second kappa shape index (κ2) is 6.11. The van der Waals surface area contributed by atoms with Gasteiger partial charge in [0.15, 0.2) is 0 Å². The number of nitrogens with one attached hydrogen (secondary N) is 1. The number of rotatable bonds is 6. The molecule has 1 N–H and O–H groups in total. The molecule has 106 valence electrons. The lowest BCUT2D eigenvalue weighted by Crippen LogP contribution is -2.33. The molecule has 0 spiro atoms. The van der Waals surface area contributed by atoms with Crippen LogP contribution in [0.3, 0.4) is 0 Å². The molecule has 2 unspecified atom stereocenters. The number of aryl methyl sites for hydroxylation is 1. The van der Waals surface area contributed by atoms with Crippen LogP contribution in [0.2, 0.25) is 0 Å². The molecular weight excluding hydrogens is 262 g/mol. The molecule has 0 amide bonds. The third-order valence-electron chi connectivity index (χ3n) is 4.08. The molecule has 2 aromatic rings. The van der Waals surface area contributed by atoms with Crippen LogP contribution in [-0.2, 0) is 6.42 Å². The predicted molar refractivity (Wildman–Crippen MR) is 87.3 cm³/mol. The molecule has 1 aliphatic rings. The van der Waals surface area contributed by atoms with Gasteiger partial charge in [0, 0.05) is 17.0 Å². The molecule has 1 nitrogen and oxygen atoms in total. The Morgan fingerprint density at radius 2 is 1.95 bits per heavy atom. The van der Waals surface area contributed by atoms with Gasteiger partial charge in [-0.15, -0.1) is 11.3 Å². The molecule has 1 heterocycles. The van der Waals surface area contributed by atoms with Crippen LogP contribution < -0.4 is 5.32 Å². The van der Waals surface area contributed by atoms with E-state index in [-0.39, 0.29) is 0 Å². The summed E-state index contributed by atoms with van der Waals surface area (Å²) in [5.41, 5.74) is 2.80. The summed E-state index contributed by atoms with van der Waals surface area (Å²) in [5, 5.41) is 6.03. The molecule has 0 bridgehead atoms. The van der Waals surface area contributed by atoms with Gasteiger partial charge in [-0.3, -0.25) is 0 Å². The summed E-state index contributed by atoms with van der Waals surface area (Å²) in [5.74, 6) is 0.837. The van der Waals surface area contributed by atoms with E-state index in [1.807, 2.05) is 11.3 Å². The minimum Gasteiger partial charge on any atom is -0.307 e. The molecule has 1 aliphatic carbocycles. The third kappa shape index (κ3) is 3.50. The lowest BCUT2D eigenvalue weighted by Gasteiger charge is -2.23. The standard InChI is InChI=1S/C18H23NS/c1-13-5-7-15(8-6-13)18(16-9-10-16)19-14(2)12-17-4-3-11-20-17/h3-8,11,14,16,18-19H,9-10,12H2,1-2H3. The van der Waals surface area contributed by atoms with Gasteiger partial charge < -0.3 is 5.32 Å². The summed E-state index contributed by atoms with van der Waals surface area (Å²) in [6.45, 7) is 4.46. The Kier molecular flexibility index (Phi) is 4.23. The Morgan fingerprint density at radius 1 is 1.20 bits per heavy atom. The molecular formula is C18H23NS. The van der Waals surface area contributed by atoms with Gasteiger partial charge in [-0.25, -0.2) is 0 Å². The van der Waals surface area contributed by atoms with Crippen LogP contribution in [0.15, 0.2) is 41.8 Å². The van der Waals surface area contributed by atoms with Crippen molar-refractivity contribution in [2.45, 2.75) is 45.2 Å². The van der Waals surface area contributed by atoms with E-state index in [0.29, 0.717) is 12.1 Å². The van der Waals surface area contributed by atoms with Gasteiger partial charge in [-0.05, 0) is 56.0 Å². The predicted octanol–water partition coefficient (Wildman–Crippen LogP) is 4.73. The van der Waals surface area contributed by atoms with Gasteiger partial charge in [0.25, 0.3) is 0 Å². The van der Waals surface area contributed by atoms with Crippen LogP contribution >= 0.6 is 11.3 Å². The molecule has 0 saturated heterocycles. The summed E-state index contributed by atoms with van der Waals surface area (Å²) in [7, 11) is 0. The molecule has 2 atom stereocenters. The van der Waals surface area contributed by atoms with Crippen molar-refractivity contribution < 1.29 is 0 Å². The topological polar surface area (TPSA) is 12.0 Å². The summed E-state index contributed by atoms with van der Waals surface area (Å²) in [4.78, 5) is 1.48. The van der Waals surface area contributed by atoms with Gasteiger partial charge in [-0.2, -0.15) is 0 Å². The van der Waals surface area contributed by atoms with Crippen molar-refractivity contribution >= 4 is 11.3 Å². The zero-order valence-electron chi connectivity index (χ0n) is 12.3. The molecule has 2 heteroatoms. The highest BCUT2D eigenvalue weighted by molar-refractivity contribution is 7.09. The maximum absolute atomic E-state index is 3.86. The monoisotopic (exact) mass is 285 g/mol. The second-order valence-electron chi connectivity index (χ2n) is 6.08. The maximum Gasteiger partial charge on any atom is 0.0351 e. The summed E-state index contributed by atoms with van der Waals surface area (Å²) < 4.78 is 0. The Bertz CT molecular complexity index is 525. The fourth-order valence-corrected chi connectivity index (χ4v) is 3.64. The van der Waals surface area contributed by atoms with E-state index in [0.717, 1.165) is 12.3 Å². The SMILES string of the molecule is Cc1ccc(C(NC(C)Cc2cccs2)C2CC2)cc1. The van der Waals surface area contributed by atoms with Crippen LogP contribution in [0.25, 0.3) is 0 Å². The van der Waals surface area contributed by atoms with Gasteiger partial charge >= 0.3 is 0 Å². The number of thiophene rings is 1. The first-order chi connectivity index (χ1) is 9.72. The van der Waals surface area contributed by atoms with E-state index in [4.69, 9.17) is 0 Å². The number of hydrogen-bond donors (Lipinski definition) is 1. The minimum absolute atomic E-state index is 0.528. The molecule has 20 heavy (non-hydrogen) atoms. The Morgan fingerprint density at radius 3 is 2.55 bits per heavy atom. The molecule has 1 aromatic heterocycles. The Hall–Kier alpha value is -1.12. The second-order valence-corrected chi connectivity index (χ2v) is 7.11. The Balaban J connectivity index is 1.66. The first-order valence-corrected chi connectivity index (χ1v) is 8.45. The first kappa shape index (κ1) is 13.8. The van der Waals surface area contributed by atoms with Gasteiger partial charge in [0.2, 0.25) is 0 Å². The van der Waals surface area contributed by atoms with E-state index in [9.17, 15) is 0 Å². The van der Waals surface area contributed by atoms with Crippen molar-refractivity contribution in [3.05, 3.63) is 57.8 Å². The largest absolute Gasteiger partial charge is 0.307 e. The van der Waals surface area contributed by atoms with Crippen molar-refractivity contribution in [1.82, 2.24) is 5.32 Å². The van der Waals surface area contributed by atoms with Crippen molar-refractivity contribution in [1.29, 1.82) is 0 Å². The van der Waals surface area contributed by atoms with E-state index in [1.165, 1.54) is 28.8 Å². The maximum atomic E-state index is 3.86. The minimum atomic E-state index is 0.528. The molecule has 0 radical (unpaired) electrons. The van der Waals surface area contributed by atoms with Crippen LogP contribution in [0.1, 0.15) is 41.8 Å². The average Bonchev–Trinajstić information content (AvgIpc) is 3.16. The molecule has 0 aliphatic heterocycles. The molecule has 3 rings (SSSR count). The third-order valence-corrected chi connectivity index (χ3v) is 4.98. The van der Waals surface area contributed by atoms with E-state index in [2.05, 4.69) is 60.9 Å². The highest BCUT2D eigenvalue weighted by atomic mass is 32.1. The number of hydrogen-bond acceptors (Lipinski definition) is 2. The lowest BCUT2D eigenvalue weighted by molar-refractivity contribution is 0.418. The van der Waals surface area contributed by atoms with Gasteiger partial charge in [0.1, 0.15) is 0 Å². The fraction of sp³-hybridized carbons (Fsp3) is 0.444. The van der Waals surface area contributed by atoms with Crippen LogP contribution in [0.4, 0.5) is 0 Å². The van der Waals surface area contributed by atoms with Crippen LogP contribution in [0.5, 0.6) is 0 Å².